The molecule has 1 amide bonds. The van der Waals surface area contributed by atoms with Crippen LogP contribution in [0.2, 0.25) is 0 Å². The average Bonchev–Trinajstić information content (AvgIpc) is 2.09. The third-order valence-electron chi connectivity index (χ3n) is 2.30. The molecule has 3 nitrogen and oxygen atoms in total. The Balaban J connectivity index is 2.33. The smallest absolute Gasteiger partial charge is 0.226 e. The van der Waals surface area contributed by atoms with Gasteiger partial charge in [-0.3, -0.25) is 4.79 Å². The van der Waals surface area contributed by atoms with E-state index in [1.165, 1.54) is 0 Å². The molecule has 0 unspecified atom stereocenters. The fourth-order valence-electron chi connectivity index (χ4n) is 1.55. The SMILES string of the molecule is C=C1CCCC(=O)N1CCOC(C)C. The number of amides is 1. The quantitative estimate of drug-likeness (QED) is 0.689. The molecule has 1 fully saturated rings. The summed E-state index contributed by atoms with van der Waals surface area (Å²) >= 11 is 0. The Morgan fingerprint density at radius 1 is 1.50 bits per heavy atom. The molecule has 0 aromatic carbocycles. The van der Waals surface area contributed by atoms with Gasteiger partial charge in [0.1, 0.15) is 0 Å². The van der Waals surface area contributed by atoms with Crippen molar-refractivity contribution >= 4 is 5.91 Å². The highest BCUT2D eigenvalue weighted by Crippen LogP contribution is 2.19. The third-order valence-corrected chi connectivity index (χ3v) is 2.30. The maximum Gasteiger partial charge on any atom is 0.226 e. The highest BCUT2D eigenvalue weighted by atomic mass is 16.5. The van der Waals surface area contributed by atoms with Gasteiger partial charge >= 0.3 is 0 Å². The fraction of sp³-hybridized carbons (Fsp3) is 0.727. The lowest BCUT2D eigenvalue weighted by Gasteiger charge is -2.29. The highest BCUT2D eigenvalue weighted by molar-refractivity contribution is 5.78. The molecule has 0 radical (unpaired) electrons. The van der Waals surface area contributed by atoms with Gasteiger partial charge in [0.25, 0.3) is 0 Å². The Labute approximate surface area is 85.7 Å². The molecule has 0 saturated carbocycles. The van der Waals surface area contributed by atoms with Crippen LogP contribution in [-0.4, -0.2) is 30.1 Å². The van der Waals surface area contributed by atoms with Crippen molar-refractivity contribution in [3.05, 3.63) is 12.3 Å². The monoisotopic (exact) mass is 197 g/mol. The molecule has 0 aromatic rings. The van der Waals surface area contributed by atoms with E-state index in [2.05, 4.69) is 6.58 Å². The largest absolute Gasteiger partial charge is 0.377 e. The van der Waals surface area contributed by atoms with E-state index in [1.807, 2.05) is 13.8 Å². The molecule has 0 aliphatic carbocycles. The van der Waals surface area contributed by atoms with Gasteiger partial charge in [-0.15, -0.1) is 0 Å². The molecular weight excluding hydrogens is 178 g/mol. The van der Waals surface area contributed by atoms with Gasteiger partial charge in [-0.2, -0.15) is 0 Å². The van der Waals surface area contributed by atoms with Crippen LogP contribution in [-0.2, 0) is 9.53 Å². The summed E-state index contributed by atoms with van der Waals surface area (Å²) in [5, 5.41) is 0. The predicted octanol–water partition coefficient (Wildman–Crippen LogP) is 1.94. The lowest BCUT2D eigenvalue weighted by atomic mass is 10.1. The summed E-state index contributed by atoms with van der Waals surface area (Å²) in [6.07, 6.45) is 2.76. The summed E-state index contributed by atoms with van der Waals surface area (Å²) < 4.78 is 5.41. The molecule has 80 valence electrons. The van der Waals surface area contributed by atoms with Gasteiger partial charge in [0.05, 0.1) is 12.7 Å². The van der Waals surface area contributed by atoms with E-state index in [4.69, 9.17) is 4.74 Å². The molecule has 1 saturated heterocycles. The number of carbonyl (C=O) groups excluding carboxylic acids is 1. The third kappa shape index (κ3) is 3.14. The second-order valence-electron chi connectivity index (χ2n) is 3.88. The first-order chi connectivity index (χ1) is 6.61. The van der Waals surface area contributed by atoms with E-state index in [0.29, 0.717) is 19.6 Å². The minimum atomic E-state index is 0.189. The van der Waals surface area contributed by atoms with Crippen LogP contribution in [0, 0.1) is 0 Å². The number of allylic oxidation sites excluding steroid dienone is 1. The minimum absolute atomic E-state index is 0.189. The molecule has 0 bridgehead atoms. The summed E-state index contributed by atoms with van der Waals surface area (Å²) in [7, 11) is 0. The highest BCUT2D eigenvalue weighted by Gasteiger charge is 2.20. The van der Waals surface area contributed by atoms with Crippen molar-refractivity contribution < 1.29 is 9.53 Å². The van der Waals surface area contributed by atoms with Gasteiger partial charge in [0.2, 0.25) is 5.91 Å². The number of nitrogens with zero attached hydrogens (tertiary/aromatic N) is 1. The van der Waals surface area contributed by atoms with Crippen LogP contribution in [0.3, 0.4) is 0 Å². The van der Waals surface area contributed by atoms with Gasteiger partial charge < -0.3 is 9.64 Å². The summed E-state index contributed by atoms with van der Waals surface area (Å²) in [4.78, 5) is 13.2. The first-order valence-corrected chi connectivity index (χ1v) is 5.21. The van der Waals surface area contributed by atoms with E-state index >= 15 is 0 Å². The maximum atomic E-state index is 11.5. The van der Waals surface area contributed by atoms with Crippen LogP contribution in [0.4, 0.5) is 0 Å². The lowest BCUT2D eigenvalue weighted by Crippen LogP contribution is -2.36. The molecular formula is C11H19NO2. The van der Waals surface area contributed by atoms with E-state index in [0.717, 1.165) is 18.5 Å². The van der Waals surface area contributed by atoms with Crippen LogP contribution in [0.15, 0.2) is 12.3 Å². The molecule has 1 aliphatic heterocycles. The Hall–Kier alpha value is -0.830. The van der Waals surface area contributed by atoms with Crippen molar-refractivity contribution in [2.45, 2.75) is 39.2 Å². The number of hydrogen-bond acceptors (Lipinski definition) is 2. The normalized spacial score (nSPS) is 18.1. The molecule has 0 N–H and O–H groups in total. The fourth-order valence-corrected chi connectivity index (χ4v) is 1.55. The van der Waals surface area contributed by atoms with Gasteiger partial charge in [-0.1, -0.05) is 6.58 Å². The maximum absolute atomic E-state index is 11.5. The number of rotatable bonds is 4. The van der Waals surface area contributed by atoms with Crippen molar-refractivity contribution in [3.8, 4) is 0 Å². The molecule has 14 heavy (non-hydrogen) atoms. The number of piperidine rings is 1. The Kier molecular flexibility index (Phi) is 4.14. The zero-order valence-electron chi connectivity index (χ0n) is 9.08. The van der Waals surface area contributed by atoms with Crippen molar-refractivity contribution in [2.24, 2.45) is 0 Å². The first-order valence-electron chi connectivity index (χ1n) is 5.21. The number of likely N-dealkylation sites (tertiary alicyclic amines) is 1. The van der Waals surface area contributed by atoms with Crippen LogP contribution in [0.25, 0.3) is 0 Å². The Morgan fingerprint density at radius 3 is 2.79 bits per heavy atom. The number of ether oxygens (including phenoxy) is 1. The summed E-state index contributed by atoms with van der Waals surface area (Å²) in [5.74, 6) is 0.189. The molecule has 1 aliphatic rings. The molecule has 0 atom stereocenters. The molecule has 0 spiro atoms. The van der Waals surface area contributed by atoms with Crippen LogP contribution < -0.4 is 0 Å². The molecule has 1 rings (SSSR count). The van der Waals surface area contributed by atoms with E-state index < -0.39 is 0 Å². The second kappa shape index (κ2) is 5.15. The second-order valence-corrected chi connectivity index (χ2v) is 3.88. The minimum Gasteiger partial charge on any atom is -0.377 e. The molecule has 0 aromatic heterocycles. The van der Waals surface area contributed by atoms with Gasteiger partial charge in [-0.25, -0.2) is 0 Å². The number of hydrogen-bond donors (Lipinski definition) is 0. The Morgan fingerprint density at radius 2 is 2.21 bits per heavy atom. The topological polar surface area (TPSA) is 29.5 Å². The molecule has 1 heterocycles. The van der Waals surface area contributed by atoms with E-state index in [-0.39, 0.29) is 12.0 Å². The van der Waals surface area contributed by atoms with Crippen molar-refractivity contribution in [2.75, 3.05) is 13.2 Å². The molecule has 3 heteroatoms. The number of carbonyl (C=O) groups is 1. The predicted molar refractivity (Wildman–Crippen MR) is 55.8 cm³/mol. The van der Waals surface area contributed by atoms with Gasteiger partial charge in [0.15, 0.2) is 0 Å². The van der Waals surface area contributed by atoms with Crippen LogP contribution >= 0.6 is 0 Å². The lowest BCUT2D eigenvalue weighted by molar-refractivity contribution is -0.131. The summed E-state index contributed by atoms with van der Waals surface area (Å²) in [5.41, 5.74) is 0.939. The Bertz CT molecular complexity index is 207. The van der Waals surface area contributed by atoms with Crippen LogP contribution in [0.5, 0.6) is 0 Å². The first kappa shape index (κ1) is 11.2. The average molecular weight is 197 g/mol. The standard InChI is InChI=1S/C11H19NO2/c1-9(2)14-8-7-12-10(3)5-4-6-11(12)13/h9H,3-8H2,1-2H3. The van der Waals surface area contributed by atoms with Crippen LogP contribution in [0.1, 0.15) is 33.1 Å². The van der Waals surface area contributed by atoms with Crippen molar-refractivity contribution in [3.63, 3.8) is 0 Å². The van der Waals surface area contributed by atoms with Gasteiger partial charge in [0, 0.05) is 18.7 Å². The van der Waals surface area contributed by atoms with Crippen molar-refractivity contribution in [1.29, 1.82) is 0 Å². The zero-order chi connectivity index (χ0) is 10.6. The van der Waals surface area contributed by atoms with Crippen molar-refractivity contribution in [1.82, 2.24) is 4.90 Å². The van der Waals surface area contributed by atoms with Gasteiger partial charge in [-0.05, 0) is 26.7 Å². The zero-order valence-corrected chi connectivity index (χ0v) is 9.08. The summed E-state index contributed by atoms with van der Waals surface area (Å²) in [6.45, 7) is 9.13. The summed E-state index contributed by atoms with van der Waals surface area (Å²) in [6, 6.07) is 0. The van der Waals surface area contributed by atoms with E-state index in [9.17, 15) is 4.79 Å². The van der Waals surface area contributed by atoms with E-state index in [1.54, 1.807) is 4.90 Å².